The normalized spacial score (nSPS) is 10.1. The van der Waals surface area contributed by atoms with Crippen LogP contribution in [0.5, 0.6) is 5.75 Å². The summed E-state index contributed by atoms with van der Waals surface area (Å²) in [5, 5.41) is 0.663. The van der Waals surface area contributed by atoms with Crippen LogP contribution in [-0.4, -0.2) is 18.4 Å². The van der Waals surface area contributed by atoms with Crippen molar-refractivity contribution in [1.29, 1.82) is 0 Å². The van der Waals surface area contributed by atoms with Crippen LogP contribution in [0, 0.1) is 0 Å². The molecule has 2 amide bonds. The monoisotopic (exact) mass is 366 g/mol. The van der Waals surface area contributed by atoms with E-state index >= 15 is 0 Å². The number of nitrogens with one attached hydrogen (secondary N) is 2. The van der Waals surface area contributed by atoms with Crippen molar-refractivity contribution in [2.45, 2.75) is 13.3 Å². The maximum absolute atomic E-state index is 11.9. The Morgan fingerprint density at radius 2 is 1.62 bits per heavy atom. The lowest BCUT2D eigenvalue weighted by atomic mass is 10.2. The largest absolute Gasteiger partial charge is 0.484 e. The van der Waals surface area contributed by atoms with Gasteiger partial charge in [-0.25, -0.2) is 0 Å². The Kier molecular flexibility index (Phi) is 6.46. The summed E-state index contributed by atoms with van der Waals surface area (Å²) < 4.78 is 5.34. The Labute approximate surface area is 149 Å². The van der Waals surface area contributed by atoms with Crippen molar-refractivity contribution in [3.8, 4) is 5.75 Å². The number of hydrazine groups is 1. The number of aryl methyl sites for hydroxylation is 1. The number of amides is 2. The van der Waals surface area contributed by atoms with Crippen LogP contribution in [0.2, 0.25) is 10.0 Å². The van der Waals surface area contributed by atoms with Crippen molar-refractivity contribution in [2.75, 3.05) is 6.61 Å². The van der Waals surface area contributed by atoms with Gasteiger partial charge in [-0.2, -0.15) is 0 Å². The molecule has 0 aromatic heterocycles. The molecule has 2 N–H and O–H groups in total. The molecule has 2 aromatic rings. The molecule has 0 atom stereocenters. The zero-order valence-electron chi connectivity index (χ0n) is 12.9. The zero-order chi connectivity index (χ0) is 17.5. The van der Waals surface area contributed by atoms with Crippen LogP contribution >= 0.6 is 23.2 Å². The van der Waals surface area contributed by atoms with Gasteiger partial charge in [0.05, 0.1) is 0 Å². The van der Waals surface area contributed by atoms with E-state index in [-0.39, 0.29) is 12.2 Å². The fourth-order valence-corrected chi connectivity index (χ4v) is 2.42. The van der Waals surface area contributed by atoms with Crippen molar-refractivity contribution in [1.82, 2.24) is 10.9 Å². The molecule has 0 radical (unpaired) electrons. The SMILES string of the molecule is CCc1ccc(OCC(=O)NNC(=O)c2cc(Cl)cc(Cl)c2)cc1. The molecule has 0 fully saturated rings. The predicted molar refractivity (Wildman–Crippen MR) is 93.4 cm³/mol. The lowest BCUT2D eigenvalue weighted by Gasteiger charge is -2.09. The molecule has 0 heterocycles. The van der Waals surface area contributed by atoms with E-state index < -0.39 is 11.8 Å². The first kappa shape index (κ1) is 18.1. The standard InChI is InChI=1S/C17H16Cl2N2O3/c1-2-11-3-5-15(6-4-11)24-10-16(22)20-21-17(23)12-7-13(18)9-14(19)8-12/h3-9H,2,10H2,1H3,(H,20,22)(H,21,23). The van der Waals surface area contributed by atoms with Gasteiger partial charge in [-0.05, 0) is 42.3 Å². The summed E-state index contributed by atoms with van der Waals surface area (Å²) in [5.41, 5.74) is 5.95. The molecule has 0 saturated carbocycles. The van der Waals surface area contributed by atoms with Gasteiger partial charge in [0, 0.05) is 15.6 Å². The maximum Gasteiger partial charge on any atom is 0.276 e. The van der Waals surface area contributed by atoms with Gasteiger partial charge in [0.25, 0.3) is 11.8 Å². The van der Waals surface area contributed by atoms with Gasteiger partial charge >= 0.3 is 0 Å². The smallest absolute Gasteiger partial charge is 0.276 e. The number of carbonyl (C=O) groups is 2. The van der Waals surface area contributed by atoms with Crippen molar-refractivity contribution >= 4 is 35.0 Å². The number of carbonyl (C=O) groups excluding carboxylic acids is 2. The van der Waals surface area contributed by atoms with Gasteiger partial charge in [-0.1, -0.05) is 42.3 Å². The van der Waals surface area contributed by atoms with Crippen LogP contribution < -0.4 is 15.6 Å². The highest BCUT2D eigenvalue weighted by atomic mass is 35.5. The molecule has 0 saturated heterocycles. The van der Waals surface area contributed by atoms with E-state index in [1.54, 1.807) is 12.1 Å². The first-order valence-electron chi connectivity index (χ1n) is 7.25. The Balaban J connectivity index is 1.80. The van der Waals surface area contributed by atoms with Crippen LogP contribution in [0.25, 0.3) is 0 Å². The van der Waals surface area contributed by atoms with Crippen molar-refractivity contribution < 1.29 is 14.3 Å². The number of ether oxygens (including phenoxy) is 1. The highest BCUT2D eigenvalue weighted by molar-refractivity contribution is 6.35. The van der Waals surface area contributed by atoms with Crippen molar-refractivity contribution in [3.63, 3.8) is 0 Å². The molecule has 2 aromatic carbocycles. The minimum atomic E-state index is -0.528. The van der Waals surface area contributed by atoms with Gasteiger partial charge in [0.1, 0.15) is 5.75 Å². The third kappa shape index (κ3) is 5.44. The van der Waals surface area contributed by atoms with Crippen molar-refractivity contribution in [3.05, 3.63) is 63.6 Å². The summed E-state index contributed by atoms with van der Waals surface area (Å²) in [6.45, 7) is 1.83. The summed E-state index contributed by atoms with van der Waals surface area (Å²) in [5.74, 6) is -0.439. The molecular weight excluding hydrogens is 351 g/mol. The number of rotatable bonds is 5. The zero-order valence-corrected chi connectivity index (χ0v) is 14.4. The number of halogens is 2. The van der Waals surface area contributed by atoms with E-state index in [0.717, 1.165) is 6.42 Å². The minimum absolute atomic E-state index is 0.220. The summed E-state index contributed by atoms with van der Waals surface area (Å²) in [6.07, 6.45) is 0.931. The second kappa shape index (κ2) is 8.57. The molecule has 5 nitrogen and oxygen atoms in total. The van der Waals surface area contributed by atoms with Crippen LogP contribution in [0.1, 0.15) is 22.8 Å². The Morgan fingerprint density at radius 1 is 1.00 bits per heavy atom. The fourth-order valence-electron chi connectivity index (χ4n) is 1.89. The number of benzene rings is 2. The second-order valence-electron chi connectivity index (χ2n) is 4.95. The molecule has 7 heteroatoms. The molecule has 24 heavy (non-hydrogen) atoms. The number of hydrogen-bond donors (Lipinski definition) is 2. The highest BCUT2D eigenvalue weighted by Crippen LogP contribution is 2.18. The summed E-state index contributed by atoms with van der Waals surface area (Å²) in [7, 11) is 0. The average Bonchev–Trinajstić information content (AvgIpc) is 2.57. The molecular formula is C17H16Cl2N2O3. The van der Waals surface area contributed by atoms with Gasteiger partial charge in [0.2, 0.25) is 0 Å². The van der Waals surface area contributed by atoms with E-state index in [4.69, 9.17) is 27.9 Å². The van der Waals surface area contributed by atoms with Crippen LogP contribution in [0.3, 0.4) is 0 Å². The van der Waals surface area contributed by atoms with Crippen LogP contribution in [-0.2, 0) is 11.2 Å². The van der Waals surface area contributed by atoms with E-state index in [9.17, 15) is 9.59 Å². The van der Waals surface area contributed by atoms with E-state index in [0.29, 0.717) is 15.8 Å². The summed E-state index contributed by atoms with van der Waals surface area (Å²) in [6, 6.07) is 11.8. The second-order valence-corrected chi connectivity index (χ2v) is 5.82. The molecule has 0 aliphatic heterocycles. The molecule has 126 valence electrons. The fraction of sp³-hybridized carbons (Fsp3) is 0.176. The summed E-state index contributed by atoms with van der Waals surface area (Å²) in [4.78, 5) is 23.6. The summed E-state index contributed by atoms with van der Waals surface area (Å²) >= 11 is 11.6. The molecule has 0 unspecified atom stereocenters. The van der Waals surface area contributed by atoms with E-state index in [2.05, 4.69) is 17.8 Å². The van der Waals surface area contributed by atoms with Crippen LogP contribution in [0.15, 0.2) is 42.5 Å². The Bertz CT molecular complexity index is 713. The number of hydrogen-bond acceptors (Lipinski definition) is 3. The topological polar surface area (TPSA) is 67.4 Å². The van der Waals surface area contributed by atoms with Gasteiger partial charge in [-0.15, -0.1) is 0 Å². The van der Waals surface area contributed by atoms with E-state index in [1.807, 2.05) is 12.1 Å². The van der Waals surface area contributed by atoms with Gasteiger partial charge in [-0.3, -0.25) is 20.4 Å². The quantitative estimate of drug-likeness (QED) is 0.796. The molecule has 0 aliphatic carbocycles. The van der Waals surface area contributed by atoms with Gasteiger partial charge in [0.15, 0.2) is 6.61 Å². The molecule has 0 spiro atoms. The lowest BCUT2D eigenvalue weighted by Crippen LogP contribution is -2.43. The molecule has 2 rings (SSSR count). The van der Waals surface area contributed by atoms with E-state index in [1.165, 1.54) is 23.8 Å². The molecule has 0 aliphatic rings. The lowest BCUT2D eigenvalue weighted by molar-refractivity contribution is -0.123. The molecule has 0 bridgehead atoms. The van der Waals surface area contributed by atoms with Gasteiger partial charge < -0.3 is 4.74 Å². The first-order chi connectivity index (χ1) is 11.5. The minimum Gasteiger partial charge on any atom is -0.484 e. The Hall–Kier alpha value is -2.24. The highest BCUT2D eigenvalue weighted by Gasteiger charge is 2.09. The first-order valence-corrected chi connectivity index (χ1v) is 8.00. The van der Waals surface area contributed by atoms with Crippen LogP contribution in [0.4, 0.5) is 0 Å². The average molecular weight is 367 g/mol. The van der Waals surface area contributed by atoms with Crippen molar-refractivity contribution in [2.24, 2.45) is 0 Å². The third-order valence-corrected chi connectivity index (χ3v) is 3.58. The Morgan fingerprint density at radius 3 is 2.21 bits per heavy atom. The maximum atomic E-state index is 11.9. The predicted octanol–water partition coefficient (Wildman–Crippen LogP) is 3.40. The third-order valence-electron chi connectivity index (χ3n) is 3.14.